The van der Waals surface area contributed by atoms with E-state index in [2.05, 4.69) is 5.32 Å². The maximum Gasteiger partial charge on any atom is 0.416 e. The lowest BCUT2D eigenvalue weighted by atomic mass is 9.78. The van der Waals surface area contributed by atoms with E-state index in [4.69, 9.17) is 0 Å². The molecule has 0 aromatic heterocycles. The average Bonchev–Trinajstić information content (AvgIpc) is 3.22. The van der Waals surface area contributed by atoms with Crippen LogP contribution in [-0.4, -0.2) is 59.7 Å². The van der Waals surface area contributed by atoms with Crippen molar-refractivity contribution >= 4 is 23.8 Å². The zero-order valence-corrected chi connectivity index (χ0v) is 22.9. The van der Waals surface area contributed by atoms with Crippen LogP contribution in [0.5, 0.6) is 0 Å². The van der Waals surface area contributed by atoms with Crippen molar-refractivity contribution in [2.24, 2.45) is 5.92 Å². The molecule has 232 valence electrons. The van der Waals surface area contributed by atoms with Crippen molar-refractivity contribution in [2.45, 2.75) is 50.6 Å². The lowest BCUT2D eigenvalue weighted by Gasteiger charge is -2.40. The molecule has 0 spiro atoms. The quantitative estimate of drug-likeness (QED) is 0.373. The number of likely N-dealkylation sites (tertiary alicyclic amines) is 1. The number of hydrogen-bond acceptors (Lipinski definition) is 4. The van der Waals surface area contributed by atoms with Gasteiger partial charge in [0.25, 0.3) is 5.91 Å². The fourth-order valence-corrected chi connectivity index (χ4v) is 5.50. The van der Waals surface area contributed by atoms with E-state index < -0.39 is 77.5 Å². The van der Waals surface area contributed by atoms with E-state index >= 15 is 0 Å². The first-order valence-corrected chi connectivity index (χ1v) is 13.1. The molecular formula is C28H27F7N4O4. The number of piperidine rings is 1. The fraction of sp³-hybridized carbons (Fsp3) is 0.429. The predicted octanol–water partition coefficient (Wildman–Crippen LogP) is 4.36. The number of rotatable bonds is 6. The highest BCUT2D eigenvalue weighted by molar-refractivity contribution is 6.05. The zero-order valence-electron chi connectivity index (χ0n) is 22.9. The highest BCUT2D eigenvalue weighted by Crippen LogP contribution is 2.38. The predicted molar refractivity (Wildman–Crippen MR) is 137 cm³/mol. The van der Waals surface area contributed by atoms with E-state index in [0.717, 1.165) is 4.90 Å². The van der Waals surface area contributed by atoms with E-state index in [1.165, 1.54) is 30.1 Å². The highest BCUT2D eigenvalue weighted by Gasteiger charge is 2.41. The number of imide groups is 1. The smallest absolute Gasteiger partial charge is 0.342 e. The zero-order chi connectivity index (χ0) is 31.9. The van der Waals surface area contributed by atoms with Crippen LogP contribution in [0.25, 0.3) is 0 Å². The number of aryl methyl sites for hydroxylation is 1. The van der Waals surface area contributed by atoms with Crippen molar-refractivity contribution in [3.8, 4) is 0 Å². The van der Waals surface area contributed by atoms with E-state index in [9.17, 15) is 49.9 Å². The lowest BCUT2D eigenvalue weighted by molar-refractivity contribution is -0.143. The Morgan fingerprint density at radius 3 is 2.16 bits per heavy atom. The molecule has 1 unspecified atom stereocenters. The Morgan fingerprint density at radius 2 is 1.63 bits per heavy atom. The van der Waals surface area contributed by atoms with Crippen LogP contribution >= 0.6 is 0 Å². The maximum absolute atomic E-state index is 13.9. The molecule has 5 amide bonds. The minimum atomic E-state index is -5.05. The molecule has 2 saturated heterocycles. The molecule has 0 aliphatic carbocycles. The Kier molecular flexibility index (Phi) is 8.75. The van der Waals surface area contributed by atoms with Gasteiger partial charge in [0.15, 0.2) is 0 Å². The summed E-state index contributed by atoms with van der Waals surface area (Å²) in [6.07, 6.45) is -10.4. The van der Waals surface area contributed by atoms with Crippen LogP contribution in [0.1, 0.15) is 46.6 Å². The third kappa shape index (κ3) is 7.25. The SMILES string of the molecule is Cc1cc(F)ccc1[C@@H]1CN(C(=O)CC2NC(=O)NC2=O)CC[C@H]1C(=O)N(C)Cc1cc(C(F)(F)F)cc(C(F)(F)F)c1. The first-order valence-electron chi connectivity index (χ1n) is 13.1. The van der Waals surface area contributed by atoms with Gasteiger partial charge in [-0.25, -0.2) is 9.18 Å². The van der Waals surface area contributed by atoms with Gasteiger partial charge in [-0.1, -0.05) is 6.07 Å². The molecule has 2 aromatic carbocycles. The topological polar surface area (TPSA) is 98.8 Å². The number of alkyl halides is 6. The Hall–Kier alpha value is -4.17. The van der Waals surface area contributed by atoms with Crippen LogP contribution in [0.4, 0.5) is 35.5 Å². The summed E-state index contributed by atoms with van der Waals surface area (Å²) in [6, 6.07) is 3.17. The van der Waals surface area contributed by atoms with Gasteiger partial charge in [0.1, 0.15) is 11.9 Å². The molecule has 2 aliphatic rings. The largest absolute Gasteiger partial charge is 0.416 e. The molecule has 3 atom stereocenters. The van der Waals surface area contributed by atoms with Gasteiger partial charge < -0.3 is 15.1 Å². The minimum absolute atomic E-state index is 0.00598. The van der Waals surface area contributed by atoms with E-state index in [1.54, 1.807) is 6.92 Å². The molecule has 2 aromatic rings. The standard InChI is InChI=1S/C28H27F7N4O4/c1-14-7-18(29)3-4-19(14)21-13-39(23(40)11-22-24(41)37-26(43)36-22)6-5-20(21)25(42)38(2)12-15-8-16(27(30,31)32)10-17(9-15)28(33,34)35/h3-4,7-10,20-22H,5-6,11-13H2,1-2H3,(H2,36,37,41,43)/t20-,21+,22?/m1/s1. The van der Waals surface area contributed by atoms with Crippen molar-refractivity contribution in [2.75, 3.05) is 20.1 Å². The van der Waals surface area contributed by atoms with Crippen LogP contribution < -0.4 is 10.6 Å². The summed E-state index contributed by atoms with van der Waals surface area (Å²) in [5.41, 5.74) is -2.39. The first-order chi connectivity index (χ1) is 19.9. The Labute approximate surface area is 241 Å². The van der Waals surface area contributed by atoms with E-state index in [0.29, 0.717) is 23.3 Å². The summed E-state index contributed by atoms with van der Waals surface area (Å²) in [7, 11) is 1.25. The average molecular weight is 617 g/mol. The molecule has 0 radical (unpaired) electrons. The van der Waals surface area contributed by atoms with Gasteiger partial charge in [-0.3, -0.25) is 19.7 Å². The lowest BCUT2D eigenvalue weighted by Crippen LogP contribution is -2.49. The second-order valence-electron chi connectivity index (χ2n) is 10.7. The monoisotopic (exact) mass is 616 g/mol. The Balaban J connectivity index is 1.59. The maximum atomic E-state index is 13.9. The summed E-state index contributed by atoms with van der Waals surface area (Å²) in [5, 5.41) is 4.36. The number of amides is 5. The summed E-state index contributed by atoms with van der Waals surface area (Å²) in [6.45, 7) is 1.05. The van der Waals surface area contributed by atoms with Gasteiger partial charge in [0.05, 0.1) is 17.5 Å². The molecule has 2 heterocycles. The van der Waals surface area contributed by atoms with Crippen molar-refractivity contribution in [3.05, 3.63) is 70.0 Å². The Bertz CT molecular complexity index is 1410. The molecule has 2 fully saturated rings. The number of benzene rings is 2. The van der Waals surface area contributed by atoms with Gasteiger partial charge in [0.2, 0.25) is 11.8 Å². The van der Waals surface area contributed by atoms with Crippen LogP contribution in [0, 0.1) is 18.7 Å². The second-order valence-corrected chi connectivity index (χ2v) is 10.7. The van der Waals surface area contributed by atoms with Gasteiger partial charge in [0, 0.05) is 38.5 Å². The van der Waals surface area contributed by atoms with Gasteiger partial charge in [-0.15, -0.1) is 0 Å². The van der Waals surface area contributed by atoms with Crippen molar-refractivity contribution in [1.29, 1.82) is 0 Å². The van der Waals surface area contributed by atoms with Crippen molar-refractivity contribution < 1.29 is 49.9 Å². The fourth-order valence-electron chi connectivity index (χ4n) is 5.50. The second kappa shape index (κ2) is 11.8. The summed E-state index contributed by atoms with van der Waals surface area (Å²) < 4.78 is 94.0. The van der Waals surface area contributed by atoms with E-state index in [1.807, 2.05) is 5.32 Å². The number of urea groups is 1. The molecule has 0 bridgehead atoms. The molecule has 4 rings (SSSR count). The molecule has 2 aliphatic heterocycles. The number of hydrogen-bond donors (Lipinski definition) is 2. The molecule has 15 heteroatoms. The van der Waals surface area contributed by atoms with Crippen LogP contribution in [0.2, 0.25) is 0 Å². The van der Waals surface area contributed by atoms with Crippen molar-refractivity contribution in [1.82, 2.24) is 20.4 Å². The highest BCUT2D eigenvalue weighted by atomic mass is 19.4. The number of carbonyl (C=O) groups excluding carboxylic acids is 4. The van der Waals surface area contributed by atoms with Gasteiger partial charge in [-0.05, 0) is 60.4 Å². The summed E-state index contributed by atoms with van der Waals surface area (Å²) >= 11 is 0. The van der Waals surface area contributed by atoms with Crippen molar-refractivity contribution in [3.63, 3.8) is 0 Å². The number of nitrogens with one attached hydrogen (secondary N) is 2. The number of halogens is 7. The minimum Gasteiger partial charge on any atom is -0.342 e. The van der Waals surface area contributed by atoms with E-state index in [-0.39, 0.29) is 37.6 Å². The third-order valence-corrected chi connectivity index (χ3v) is 7.59. The molecule has 0 saturated carbocycles. The molecule has 2 N–H and O–H groups in total. The molecular weight excluding hydrogens is 589 g/mol. The van der Waals surface area contributed by atoms with Gasteiger partial charge >= 0.3 is 18.4 Å². The summed E-state index contributed by atoms with van der Waals surface area (Å²) in [4.78, 5) is 52.5. The van der Waals surface area contributed by atoms with Gasteiger partial charge in [-0.2, -0.15) is 26.3 Å². The molecule has 8 nitrogen and oxygen atoms in total. The normalized spacial score (nSPS) is 21.0. The third-order valence-electron chi connectivity index (χ3n) is 7.59. The van der Waals surface area contributed by atoms with Crippen LogP contribution in [-0.2, 0) is 33.3 Å². The molecule has 43 heavy (non-hydrogen) atoms. The Morgan fingerprint density at radius 1 is 1.00 bits per heavy atom. The van der Waals surface area contributed by atoms with Crippen LogP contribution in [0.3, 0.4) is 0 Å². The van der Waals surface area contributed by atoms with Crippen LogP contribution in [0.15, 0.2) is 36.4 Å². The number of carbonyl (C=O) groups is 4. The summed E-state index contributed by atoms with van der Waals surface area (Å²) in [5.74, 6) is -3.87. The number of nitrogens with zero attached hydrogens (tertiary/aromatic N) is 2. The first kappa shape index (κ1) is 31.8.